The van der Waals surface area contributed by atoms with E-state index in [1.807, 2.05) is 31.2 Å². The van der Waals surface area contributed by atoms with E-state index in [0.717, 1.165) is 5.56 Å². The second-order valence-corrected chi connectivity index (χ2v) is 9.13. The van der Waals surface area contributed by atoms with Crippen LogP contribution in [0.2, 0.25) is 5.02 Å². The predicted molar refractivity (Wildman–Crippen MR) is 120 cm³/mol. The standard InChI is InChI=1S/C23H19ClN2O4S/c1-15-3-5-16(6-4-15)21-26-23(31(27,28)20-13-7-17(24)8-14-20)22(30-21)25-18-9-11-19(29-2)12-10-18/h3-14,25H,1-2H3. The molecule has 0 saturated heterocycles. The Labute approximate surface area is 185 Å². The van der Waals surface area contributed by atoms with Crippen LogP contribution >= 0.6 is 11.6 Å². The maximum Gasteiger partial charge on any atom is 0.238 e. The molecule has 8 heteroatoms. The zero-order valence-corrected chi connectivity index (χ0v) is 18.4. The Bertz CT molecular complexity index is 1300. The number of sulfone groups is 1. The topological polar surface area (TPSA) is 81.4 Å². The molecule has 158 valence electrons. The van der Waals surface area contributed by atoms with Crippen molar-refractivity contribution in [1.29, 1.82) is 0 Å². The summed E-state index contributed by atoms with van der Waals surface area (Å²) in [5, 5.41) is 3.26. The number of methoxy groups -OCH3 is 1. The highest BCUT2D eigenvalue weighted by atomic mass is 35.5. The molecule has 1 heterocycles. The van der Waals surface area contributed by atoms with Crippen LogP contribution in [0.4, 0.5) is 11.6 Å². The Morgan fingerprint density at radius 2 is 1.58 bits per heavy atom. The van der Waals surface area contributed by atoms with Crippen molar-refractivity contribution < 1.29 is 17.6 Å². The van der Waals surface area contributed by atoms with Crippen LogP contribution < -0.4 is 10.1 Å². The third kappa shape index (κ3) is 4.42. The molecule has 0 radical (unpaired) electrons. The van der Waals surface area contributed by atoms with E-state index in [1.54, 1.807) is 31.4 Å². The van der Waals surface area contributed by atoms with Gasteiger partial charge in [-0.15, -0.1) is 0 Å². The SMILES string of the molecule is COc1ccc(Nc2oc(-c3ccc(C)cc3)nc2S(=O)(=O)c2ccc(Cl)cc2)cc1. The number of hydrogen-bond acceptors (Lipinski definition) is 6. The van der Waals surface area contributed by atoms with Crippen molar-refractivity contribution in [2.75, 3.05) is 12.4 Å². The van der Waals surface area contributed by atoms with Gasteiger partial charge in [-0.2, -0.15) is 4.98 Å². The Kier molecular flexibility index (Phi) is 5.71. The number of nitrogens with one attached hydrogen (secondary N) is 1. The molecule has 0 amide bonds. The summed E-state index contributed by atoms with van der Waals surface area (Å²) in [5.74, 6) is 0.900. The largest absolute Gasteiger partial charge is 0.497 e. The Morgan fingerprint density at radius 1 is 0.935 bits per heavy atom. The fourth-order valence-corrected chi connectivity index (χ4v) is 4.30. The van der Waals surface area contributed by atoms with Gasteiger partial charge in [0.2, 0.25) is 26.6 Å². The average Bonchev–Trinajstić information content (AvgIpc) is 3.20. The normalized spacial score (nSPS) is 11.3. The zero-order chi connectivity index (χ0) is 22.0. The predicted octanol–water partition coefficient (Wildman–Crippen LogP) is 5.89. The van der Waals surface area contributed by atoms with Gasteiger partial charge in [-0.25, -0.2) is 8.42 Å². The molecule has 0 spiro atoms. The number of oxazole rings is 1. The molecule has 1 aromatic heterocycles. The lowest BCUT2D eigenvalue weighted by Gasteiger charge is -2.07. The smallest absolute Gasteiger partial charge is 0.238 e. The summed E-state index contributed by atoms with van der Waals surface area (Å²) < 4.78 is 37.7. The van der Waals surface area contributed by atoms with E-state index < -0.39 is 9.84 Å². The van der Waals surface area contributed by atoms with Crippen LogP contribution in [0.1, 0.15) is 5.56 Å². The third-order valence-corrected chi connectivity index (χ3v) is 6.55. The van der Waals surface area contributed by atoms with E-state index in [1.165, 1.54) is 24.3 Å². The first-order valence-electron chi connectivity index (χ1n) is 9.36. The first kappa shape index (κ1) is 21.0. The Balaban J connectivity index is 1.81. The molecule has 6 nitrogen and oxygen atoms in total. The zero-order valence-electron chi connectivity index (χ0n) is 16.8. The van der Waals surface area contributed by atoms with Gasteiger partial charge in [-0.05, 0) is 67.6 Å². The minimum absolute atomic E-state index is 0.0238. The number of rotatable bonds is 6. The molecular weight excluding hydrogens is 436 g/mol. The molecule has 4 aromatic rings. The van der Waals surface area contributed by atoms with E-state index in [4.69, 9.17) is 20.8 Å². The van der Waals surface area contributed by atoms with E-state index in [2.05, 4.69) is 10.3 Å². The lowest BCUT2D eigenvalue weighted by atomic mass is 10.1. The summed E-state index contributed by atoms with van der Waals surface area (Å²) in [5.41, 5.74) is 2.36. The maximum atomic E-state index is 13.3. The van der Waals surface area contributed by atoms with Crippen molar-refractivity contribution in [2.45, 2.75) is 16.8 Å². The Hall–Kier alpha value is -3.29. The number of aromatic nitrogens is 1. The van der Waals surface area contributed by atoms with E-state index in [-0.39, 0.29) is 21.7 Å². The molecule has 4 rings (SSSR count). The van der Waals surface area contributed by atoms with Crippen LogP contribution in [0.3, 0.4) is 0 Å². The number of ether oxygens (including phenoxy) is 1. The van der Waals surface area contributed by atoms with Crippen LogP contribution in [-0.4, -0.2) is 20.5 Å². The van der Waals surface area contributed by atoms with Crippen LogP contribution in [0.15, 0.2) is 87.1 Å². The number of anilines is 2. The molecule has 0 atom stereocenters. The van der Waals surface area contributed by atoms with Gasteiger partial charge in [0.15, 0.2) is 0 Å². The molecule has 31 heavy (non-hydrogen) atoms. The van der Waals surface area contributed by atoms with Gasteiger partial charge in [0.25, 0.3) is 0 Å². The molecule has 0 aliphatic heterocycles. The molecule has 0 aliphatic carbocycles. The number of benzene rings is 3. The lowest BCUT2D eigenvalue weighted by molar-refractivity contribution is 0.415. The van der Waals surface area contributed by atoms with Gasteiger partial charge >= 0.3 is 0 Å². The van der Waals surface area contributed by atoms with Gasteiger partial charge < -0.3 is 14.5 Å². The van der Waals surface area contributed by atoms with Gasteiger partial charge in [0, 0.05) is 16.3 Å². The molecule has 0 unspecified atom stereocenters. The summed E-state index contributed by atoms with van der Waals surface area (Å²) in [7, 11) is -2.39. The molecule has 0 fully saturated rings. The Morgan fingerprint density at radius 3 is 2.19 bits per heavy atom. The van der Waals surface area contributed by atoms with Crippen LogP contribution in [0, 0.1) is 6.92 Å². The fraction of sp³-hybridized carbons (Fsp3) is 0.0870. The van der Waals surface area contributed by atoms with Gasteiger partial charge in [-0.3, -0.25) is 0 Å². The summed E-state index contributed by atoms with van der Waals surface area (Å²) in [6.07, 6.45) is 0. The van der Waals surface area contributed by atoms with Crippen molar-refractivity contribution in [3.8, 4) is 17.2 Å². The van der Waals surface area contributed by atoms with Crippen molar-refractivity contribution in [3.63, 3.8) is 0 Å². The monoisotopic (exact) mass is 454 g/mol. The molecule has 0 bridgehead atoms. The van der Waals surface area contributed by atoms with E-state index in [0.29, 0.717) is 22.0 Å². The van der Waals surface area contributed by atoms with Gasteiger partial charge in [0.05, 0.1) is 12.0 Å². The minimum atomic E-state index is -3.97. The number of halogens is 1. The van der Waals surface area contributed by atoms with Crippen LogP contribution in [0.5, 0.6) is 5.75 Å². The van der Waals surface area contributed by atoms with Crippen LogP contribution in [0.25, 0.3) is 11.5 Å². The van der Waals surface area contributed by atoms with E-state index in [9.17, 15) is 8.42 Å². The van der Waals surface area contributed by atoms with Crippen molar-refractivity contribution >= 4 is 33.0 Å². The minimum Gasteiger partial charge on any atom is -0.497 e. The van der Waals surface area contributed by atoms with Crippen molar-refractivity contribution in [3.05, 3.63) is 83.4 Å². The number of hydrogen-bond donors (Lipinski definition) is 1. The average molecular weight is 455 g/mol. The summed E-state index contributed by atoms with van der Waals surface area (Å²) in [6, 6.07) is 20.4. The van der Waals surface area contributed by atoms with Crippen molar-refractivity contribution in [2.24, 2.45) is 0 Å². The third-order valence-electron chi connectivity index (χ3n) is 4.62. The molecule has 1 N–H and O–H groups in total. The molecule has 0 aliphatic rings. The number of aryl methyl sites for hydroxylation is 1. The summed E-state index contributed by atoms with van der Waals surface area (Å²) >= 11 is 5.92. The summed E-state index contributed by atoms with van der Waals surface area (Å²) in [4.78, 5) is 4.40. The second-order valence-electron chi connectivity index (χ2n) is 6.83. The fourth-order valence-electron chi connectivity index (χ4n) is 2.92. The first-order valence-corrected chi connectivity index (χ1v) is 11.2. The highest BCUT2D eigenvalue weighted by molar-refractivity contribution is 7.91. The summed E-state index contributed by atoms with van der Waals surface area (Å²) in [6.45, 7) is 1.96. The molecular formula is C23H19ClN2O4S. The second kappa shape index (κ2) is 8.45. The quantitative estimate of drug-likeness (QED) is 0.391. The van der Waals surface area contributed by atoms with Gasteiger partial charge in [0.1, 0.15) is 5.75 Å². The maximum absolute atomic E-state index is 13.3. The highest BCUT2D eigenvalue weighted by Crippen LogP contribution is 2.34. The van der Waals surface area contributed by atoms with E-state index >= 15 is 0 Å². The molecule has 3 aromatic carbocycles. The first-order chi connectivity index (χ1) is 14.9. The van der Waals surface area contributed by atoms with Crippen molar-refractivity contribution in [1.82, 2.24) is 4.98 Å². The van der Waals surface area contributed by atoms with Gasteiger partial charge in [-0.1, -0.05) is 29.3 Å². The molecule has 0 saturated carbocycles. The number of nitrogens with zero attached hydrogens (tertiary/aromatic N) is 1. The highest BCUT2D eigenvalue weighted by Gasteiger charge is 2.28. The lowest BCUT2D eigenvalue weighted by Crippen LogP contribution is -2.05. The van der Waals surface area contributed by atoms with Crippen LogP contribution in [-0.2, 0) is 9.84 Å².